The number of hydrogen-bond acceptors (Lipinski definition) is 5. The highest BCUT2D eigenvalue weighted by atomic mass is 16.5. The number of amides is 2. The van der Waals surface area contributed by atoms with Crippen LogP contribution < -0.4 is 15.4 Å². The first-order valence-corrected chi connectivity index (χ1v) is 9.10. The lowest BCUT2D eigenvalue weighted by atomic mass is 10.0. The molecule has 0 aliphatic carbocycles. The van der Waals surface area contributed by atoms with Crippen molar-refractivity contribution < 1.29 is 13.9 Å². The molecule has 0 saturated carbocycles. The lowest BCUT2D eigenvalue weighted by Crippen LogP contribution is -2.30. The first-order valence-electron chi connectivity index (χ1n) is 9.10. The molecule has 0 bridgehead atoms. The van der Waals surface area contributed by atoms with Crippen molar-refractivity contribution >= 4 is 12.0 Å². The highest BCUT2D eigenvalue weighted by Crippen LogP contribution is 2.16. The largest absolute Gasteiger partial charge is 0.497 e. The van der Waals surface area contributed by atoms with E-state index < -0.39 is 0 Å². The van der Waals surface area contributed by atoms with E-state index in [-0.39, 0.29) is 12.0 Å². The van der Waals surface area contributed by atoms with Crippen LogP contribution >= 0.6 is 0 Å². The number of urea groups is 1. The summed E-state index contributed by atoms with van der Waals surface area (Å²) in [5.74, 6) is 1.27. The molecule has 2 N–H and O–H groups in total. The second kappa shape index (κ2) is 9.03. The fourth-order valence-corrected chi connectivity index (χ4v) is 2.84. The van der Waals surface area contributed by atoms with E-state index in [2.05, 4.69) is 33.8 Å². The molecule has 146 valence electrons. The van der Waals surface area contributed by atoms with Crippen LogP contribution in [0.15, 0.2) is 46.9 Å². The summed E-state index contributed by atoms with van der Waals surface area (Å²) in [4.78, 5) is 12.0. The van der Waals surface area contributed by atoms with E-state index in [4.69, 9.17) is 9.15 Å². The maximum atomic E-state index is 12.0. The lowest BCUT2D eigenvalue weighted by Gasteiger charge is -2.06. The van der Waals surface area contributed by atoms with Crippen molar-refractivity contribution in [2.45, 2.75) is 26.7 Å². The van der Waals surface area contributed by atoms with E-state index in [1.807, 2.05) is 43.3 Å². The Morgan fingerprint density at radius 1 is 1.11 bits per heavy atom. The normalized spacial score (nSPS) is 10.5. The van der Waals surface area contributed by atoms with E-state index in [0.717, 1.165) is 16.9 Å². The fourth-order valence-electron chi connectivity index (χ4n) is 2.84. The van der Waals surface area contributed by atoms with Crippen LogP contribution in [0.2, 0.25) is 0 Å². The Balaban J connectivity index is 1.46. The second-order valence-electron chi connectivity index (χ2n) is 6.59. The summed E-state index contributed by atoms with van der Waals surface area (Å²) >= 11 is 0. The molecule has 0 unspecified atom stereocenters. The molecule has 7 heteroatoms. The number of hydrogen-bond donors (Lipinski definition) is 2. The molecule has 0 spiro atoms. The topological polar surface area (TPSA) is 89.3 Å². The molecule has 28 heavy (non-hydrogen) atoms. The van der Waals surface area contributed by atoms with E-state index >= 15 is 0 Å². The number of aryl methyl sites for hydroxylation is 2. The highest BCUT2D eigenvalue weighted by Gasteiger charge is 2.11. The molecule has 0 radical (unpaired) electrons. The molecule has 0 aliphatic heterocycles. The lowest BCUT2D eigenvalue weighted by molar-refractivity contribution is 0.251. The number of aromatic nitrogens is 2. The van der Waals surface area contributed by atoms with Gasteiger partial charge in [0.2, 0.25) is 5.89 Å². The SMILES string of the molecule is COc1ccc(CCNC(=O)Nc2nnc(Cc3ccc(C)cc3C)o2)cc1. The molecule has 1 aromatic heterocycles. The molecule has 1 heterocycles. The number of ether oxygens (including phenoxy) is 1. The number of methoxy groups -OCH3 is 1. The van der Waals surface area contributed by atoms with E-state index in [1.54, 1.807) is 7.11 Å². The van der Waals surface area contributed by atoms with Gasteiger partial charge in [-0.25, -0.2) is 4.79 Å². The quantitative estimate of drug-likeness (QED) is 0.653. The van der Waals surface area contributed by atoms with Crippen molar-refractivity contribution in [2.75, 3.05) is 19.0 Å². The third kappa shape index (κ3) is 5.33. The van der Waals surface area contributed by atoms with Crippen molar-refractivity contribution in [1.29, 1.82) is 0 Å². The fraction of sp³-hybridized carbons (Fsp3) is 0.286. The van der Waals surface area contributed by atoms with Crippen LogP contribution in [-0.2, 0) is 12.8 Å². The molecule has 2 amide bonds. The van der Waals surface area contributed by atoms with Crippen LogP contribution in [0.3, 0.4) is 0 Å². The molecule has 2 aromatic carbocycles. The van der Waals surface area contributed by atoms with Gasteiger partial charge < -0.3 is 14.5 Å². The summed E-state index contributed by atoms with van der Waals surface area (Å²) in [6.45, 7) is 4.59. The number of rotatable bonds is 7. The minimum atomic E-state index is -0.379. The van der Waals surface area contributed by atoms with E-state index in [1.165, 1.54) is 11.1 Å². The Bertz CT molecular complexity index is 935. The van der Waals surface area contributed by atoms with Gasteiger partial charge >= 0.3 is 12.0 Å². The number of nitrogens with one attached hydrogen (secondary N) is 2. The predicted octanol–water partition coefficient (Wildman–Crippen LogP) is 3.65. The molecular formula is C21H24N4O3. The van der Waals surface area contributed by atoms with E-state index in [9.17, 15) is 4.79 Å². The third-order valence-electron chi connectivity index (χ3n) is 4.39. The second-order valence-corrected chi connectivity index (χ2v) is 6.59. The van der Waals surface area contributed by atoms with Gasteiger partial charge in [-0.05, 0) is 49.1 Å². The van der Waals surface area contributed by atoms with Gasteiger partial charge in [-0.2, -0.15) is 0 Å². The number of carbonyl (C=O) groups is 1. The Morgan fingerprint density at radius 3 is 2.61 bits per heavy atom. The first kappa shape index (κ1) is 19.4. The number of carbonyl (C=O) groups excluding carboxylic acids is 1. The van der Waals surface area contributed by atoms with E-state index in [0.29, 0.717) is 25.3 Å². The Morgan fingerprint density at radius 2 is 1.89 bits per heavy atom. The molecule has 0 saturated heterocycles. The molecule has 7 nitrogen and oxygen atoms in total. The molecule has 0 aliphatic rings. The van der Waals surface area contributed by atoms with Crippen LogP contribution in [-0.4, -0.2) is 29.9 Å². The van der Waals surface area contributed by atoms with Gasteiger partial charge in [-0.15, -0.1) is 5.10 Å². The average Bonchev–Trinajstić information content (AvgIpc) is 3.11. The summed E-state index contributed by atoms with van der Waals surface area (Å²) in [6, 6.07) is 13.6. The minimum Gasteiger partial charge on any atom is -0.497 e. The zero-order chi connectivity index (χ0) is 19.9. The van der Waals surface area contributed by atoms with Gasteiger partial charge in [0.25, 0.3) is 0 Å². The van der Waals surface area contributed by atoms with Crippen molar-refractivity contribution in [1.82, 2.24) is 15.5 Å². The monoisotopic (exact) mass is 380 g/mol. The minimum absolute atomic E-state index is 0.0849. The van der Waals surface area contributed by atoms with Crippen LogP contribution in [0.1, 0.15) is 28.1 Å². The Kier molecular flexibility index (Phi) is 6.26. The van der Waals surface area contributed by atoms with Crippen LogP contribution in [0.25, 0.3) is 0 Å². The first-order chi connectivity index (χ1) is 13.5. The molecule has 3 rings (SSSR count). The van der Waals surface area contributed by atoms with Gasteiger partial charge in [-0.3, -0.25) is 5.32 Å². The molecule has 0 fully saturated rings. The van der Waals surface area contributed by atoms with Crippen LogP contribution in [0, 0.1) is 13.8 Å². The van der Waals surface area contributed by atoms with Crippen molar-refractivity contribution in [3.63, 3.8) is 0 Å². The number of benzene rings is 2. The molecule has 0 atom stereocenters. The van der Waals surface area contributed by atoms with Crippen LogP contribution in [0.4, 0.5) is 10.8 Å². The van der Waals surface area contributed by atoms with Gasteiger partial charge in [-0.1, -0.05) is 41.0 Å². The number of nitrogens with zero attached hydrogens (tertiary/aromatic N) is 2. The molecular weight excluding hydrogens is 356 g/mol. The Labute approximate surface area is 164 Å². The smallest absolute Gasteiger partial charge is 0.323 e. The number of anilines is 1. The Hall–Kier alpha value is -3.35. The standard InChI is InChI=1S/C21H24N4O3/c1-14-4-7-17(15(2)12-14)13-19-24-25-21(28-19)23-20(26)22-11-10-16-5-8-18(27-3)9-6-16/h4-9,12H,10-11,13H2,1-3H3,(H2,22,23,25,26). The summed E-state index contributed by atoms with van der Waals surface area (Å²) in [5.41, 5.74) is 4.60. The van der Waals surface area contributed by atoms with Crippen molar-refractivity contribution in [2.24, 2.45) is 0 Å². The molecule has 3 aromatic rings. The highest BCUT2D eigenvalue weighted by molar-refractivity contribution is 5.86. The van der Waals surface area contributed by atoms with Crippen LogP contribution in [0.5, 0.6) is 5.75 Å². The van der Waals surface area contributed by atoms with Gasteiger partial charge in [0.15, 0.2) is 0 Å². The van der Waals surface area contributed by atoms with Gasteiger partial charge in [0, 0.05) is 6.54 Å². The van der Waals surface area contributed by atoms with Crippen molar-refractivity contribution in [3.8, 4) is 5.75 Å². The average molecular weight is 380 g/mol. The van der Waals surface area contributed by atoms with Crippen molar-refractivity contribution in [3.05, 3.63) is 70.6 Å². The summed E-state index contributed by atoms with van der Waals surface area (Å²) < 4.78 is 10.7. The maximum absolute atomic E-state index is 12.0. The summed E-state index contributed by atoms with van der Waals surface area (Å²) in [7, 11) is 1.63. The predicted molar refractivity (Wildman–Crippen MR) is 107 cm³/mol. The maximum Gasteiger partial charge on any atom is 0.323 e. The zero-order valence-corrected chi connectivity index (χ0v) is 16.3. The van der Waals surface area contributed by atoms with Gasteiger partial charge in [0.05, 0.1) is 13.5 Å². The summed E-state index contributed by atoms with van der Waals surface area (Å²) in [5, 5.41) is 13.2. The van der Waals surface area contributed by atoms with Gasteiger partial charge in [0.1, 0.15) is 5.75 Å². The summed E-state index contributed by atoms with van der Waals surface area (Å²) in [6.07, 6.45) is 1.24. The third-order valence-corrected chi connectivity index (χ3v) is 4.39. The zero-order valence-electron chi connectivity index (χ0n) is 16.3.